The molecule has 0 aliphatic carbocycles. The van der Waals surface area contributed by atoms with Gasteiger partial charge in [-0.1, -0.05) is 12.8 Å². The lowest BCUT2D eigenvalue weighted by Gasteiger charge is -2.20. The SMILES string of the molecule is CCOc1cc(CCC(=O)N2CCCCCC2)cc(N)c1O. The van der Waals surface area contributed by atoms with Crippen LogP contribution in [0.5, 0.6) is 11.5 Å². The van der Waals surface area contributed by atoms with E-state index in [2.05, 4.69) is 0 Å². The molecule has 122 valence electrons. The van der Waals surface area contributed by atoms with Gasteiger partial charge in [0.2, 0.25) is 5.91 Å². The molecule has 5 heteroatoms. The lowest BCUT2D eigenvalue weighted by Crippen LogP contribution is -2.31. The summed E-state index contributed by atoms with van der Waals surface area (Å²) in [6, 6.07) is 3.48. The first kappa shape index (κ1) is 16.5. The van der Waals surface area contributed by atoms with Crippen molar-refractivity contribution in [2.45, 2.75) is 45.4 Å². The van der Waals surface area contributed by atoms with Crippen LogP contribution >= 0.6 is 0 Å². The highest BCUT2D eigenvalue weighted by Crippen LogP contribution is 2.34. The van der Waals surface area contributed by atoms with E-state index in [1.54, 1.807) is 12.1 Å². The highest BCUT2D eigenvalue weighted by Gasteiger charge is 2.16. The molecule has 1 amide bonds. The summed E-state index contributed by atoms with van der Waals surface area (Å²) in [7, 11) is 0. The van der Waals surface area contributed by atoms with Gasteiger partial charge in [0.1, 0.15) is 0 Å². The Morgan fingerprint density at radius 3 is 2.59 bits per heavy atom. The molecule has 1 fully saturated rings. The Balaban J connectivity index is 1.97. The van der Waals surface area contributed by atoms with Crippen LogP contribution in [0.25, 0.3) is 0 Å². The van der Waals surface area contributed by atoms with Gasteiger partial charge in [-0.05, 0) is 43.9 Å². The molecule has 0 unspecified atom stereocenters. The molecule has 22 heavy (non-hydrogen) atoms. The van der Waals surface area contributed by atoms with Crippen molar-refractivity contribution >= 4 is 11.6 Å². The lowest BCUT2D eigenvalue weighted by molar-refractivity contribution is -0.131. The molecule has 0 radical (unpaired) electrons. The second-order valence-electron chi connectivity index (χ2n) is 5.76. The summed E-state index contributed by atoms with van der Waals surface area (Å²) in [6.07, 6.45) is 5.72. The van der Waals surface area contributed by atoms with E-state index in [0.717, 1.165) is 31.5 Å². The Labute approximate surface area is 132 Å². The molecule has 3 N–H and O–H groups in total. The zero-order valence-corrected chi connectivity index (χ0v) is 13.3. The largest absolute Gasteiger partial charge is 0.503 e. The van der Waals surface area contributed by atoms with E-state index < -0.39 is 0 Å². The number of amides is 1. The molecule has 5 nitrogen and oxygen atoms in total. The summed E-state index contributed by atoms with van der Waals surface area (Å²) < 4.78 is 5.37. The summed E-state index contributed by atoms with van der Waals surface area (Å²) in [6.45, 7) is 4.07. The van der Waals surface area contributed by atoms with E-state index >= 15 is 0 Å². The fraction of sp³-hybridized carbons (Fsp3) is 0.588. The maximum atomic E-state index is 12.3. The summed E-state index contributed by atoms with van der Waals surface area (Å²) in [5.74, 6) is 0.565. The van der Waals surface area contributed by atoms with Crippen molar-refractivity contribution in [2.24, 2.45) is 0 Å². The normalized spacial score (nSPS) is 15.4. The fourth-order valence-electron chi connectivity index (χ4n) is 2.83. The van der Waals surface area contributed by atoms with Gasteiger partial charge >= 0.3 is 0 Å². The van der Waals surface area contributed by atoms with Crippen LogP contribution in [-0.2, 0) is 11.2 Å². The number of likely N-dealkylation sites (tertiary alicyclic amines) is 1. The monoisotopic (exact) mass is 306 g/mol. The van der Waals surface area contributed by atoms with Crippen LogP contribution in [0.4, 0.5) is 5.69 Å². The standard InChI is InChI=1S/C17H26N2O3/c1-2-22-15-12-13(11-14(18)17(15)21)7-8-16(20)19-9-5-3-4-6-10-19/h11-12,21H,2-10,18H2,1H3. The van der Waals surface area contributed by atoms with Crippen LogP contribution in [0.2, 0.25) is 0 Å². The van der Waals surface area contributed by atoms with E-state index in [0.29, 0.717) is 30.9 Å². The second-order valence-corrected chi connectivity index (χ2v) is 5.76. The van der Waals surface area contributed by atoms with Crippen molar-refractivity contribution in [3.8, 4) is 11.5 Å². The molecule has 0 aromatic heterocycles. The Hall–Kier alpha value is -1.91. The van der Waals surface area contributed by atoms with Gasteiger partial charge in [0, 0.05) is 19.5 Å². The summed E-state index contributed by atoms with van der Waals surface area (Å²) in [5, 5.41) is 9.84. The number of rotatable bonds is 5. The van der Waals surface area contributed by atoms with Gasteiger partial charge in [-0.25, -0.2) is 0 Å². The number of phenols is 1. The van der Waals surface area contributed by atoms with Crippen molar-refractivity contribution in [3.05, 3.63) is 17.7 Å². The first-order chi connectivity index (χ1) is 10.6. The van der Waals surface area contributed by atoms with Gasteiger partial charge in [0.15, 0.2) is 11.5 Å². The van der Waals surface area contributed by atoms with Crippen LogP contribution in [0.3, 0.4) is 0 Å². The molecule has 0 atom stereocenters. The number of aryl methyl sites for hydroxylation is 1. The third-order valence-electron chi connectivity index (χ3n) is 4.05. The minimum absolute atomic E-state index is 0.0237. The maximum absolute atomic E-state index is 12.3. The van der Waals surface area contributed by atoms with Crippen LogP contribution < -0.4 is 10.5 Å². The van der Waals surface area contributed by atoms with Gasteiger partial charge < -0.3 is 20.5 Å². The van der Waals surface area contributed by atoms with Gasteiger partial charge in [0.25, 0.3) is 0 Å². The molecule has 0 bridgehead atoms. The number of benzene rings is 1. The Morgan fingerprint density at radius 2 is 1.95 bits per heavy atom. The Kier molecular flexibility index (Phi) is 5.92. The van der Waals surface area contributed by atoms with Crippen LogP contribution in [0.1, 0.15) is 44.6 Å². The van der Waals surface area contributed by atoms with E-state index in [-0.39, 0.29) is 11.7 Å². The minimum atomic E-state index is -0.0237. The number of nitrogen functional groups attached to an aromatic ring is 1. The van der Waals surface area contributed by atoms with Gasteiger partial charge in [0.05, 0.1) is 12.3 Å². The zero-order valence-electron chi connectivity index (χ0n) is 13.3. The summed E-state index contributed by atoms with van der Waals surface area (Å²) >= 11 is 0. The maximum Gasteiger partial charge on any atom is 0.222 e. The number of hydrogen-bond acceptors (Lipinski definition) is 4. The average Bonchev–Trinajstić information content (AvgIpc) is 2.79. The molecule has 1 heterocycles. The number of phenolic OH excluding ortho intramolecular Hbond substituents is 1. The molecule has 0 saturated carbocycles. The van der Waals surface area contributed by atoms with Gasteiger partial charge in [-0.3, -0.25) is 4.79 Å². The van der Waals surface area contributed by atoms with E-state index in [1.165, 1.54) is 12.8 Å². The average molecular weight is 306 g/mol. The quantitative estimate of drug-likeness (QED) is 0.648. The topological polar surface area (TPSA) is 75.8 Å². The molecule has 1 aromatic carbocycles. The van der Waals surface area contributed by atoms with Crippen molar-refractivity contribution in [1.29, 1.82) is 0 Å². The lowest BCUT2D eigenvalue weighted by atomic mass is 10.1. The number of carbonyl (C=O) groups is 1. The molecular weight excluding hydrogens is 280 g/mol. The van der Waals surface area contributed by atoms with Crippen LogP contribution in [0.15, 0.2) is 12.1 Å². The summed E-state index contributed by atoms with van der Waals surface area (Å²) in [4.78, 5) is 14.3. The first-order valence-electron chi connectivity index (χ1n) is 8.13. The zero-order chi connectivity index (χ0) is 15.9. The number of anilines is 1. The van der Waals surface area contributed by atoms with E-state index in [4.69, 9.17) is 10.5 Å². The van der Waals surface area contributed by atoms with Gasteiger partial charge in [-0.2, -0.15) is 0 Å². The molecule has 1 aliphatic heterocycles. The third-order valence-corrected chi connectivity index (χ3v) is 4.05. The molecular formula is C17H26N2O3. The predicted octanol–water partition coefficient (Wildman–Crippen LogP) is 2.71. The van der Waals surface area contributed by atoms with Crippen molar-refractivity contribution in [2.75, 3.05) is 25.4 Å². The van der Waals surface area contributed by atoms with E-state index in [1.807, 2.05) is 11.8 Å². The number of nitrogens with zero attached hydrogens (tertiary/aromatic N) is 1. The molecule has 2 rings (SSSR count). The number of carbonyl (C=O) groups excluding carboxylic acids is 1. The fourth-order valence-corrected chi connectivity index (χ4v) is 2.83. The van der Waals surface area contributed by atoms with Crippen LogP contribution in [0, 0.1) is 0 Å². The van der Waals surface area contributed by atoms with Gasteiger partial charge in [-0.15, -0.1) is 0 Å². The smallest absolute Gasteiger partial charge is 0.222 e. The van der Waals surface area contributed by atoms with E-state index in [9.17, 15) is 9.90 Å². The second kappa shape index (κ2) is 7.92. The number of ether oxygens (including phenoxy) is 1. The first-order valence-corrected chi connectivity index (χ1v) is 8.13. The van der Waals surface area contributed by atoms with Crippen molar-refractivity contribution in [3.63, 3.8) is 0 Å². The molecule has 0 spiro atoms. The highest BCUT2D eigenvalue weighted by molar-refractivity contribution is 5.76. The molecule has 1 saturated heterocycles. The molecule has 1 aromatic rings. The molecule has 1 aliphatic rings. The number of hydrogen-bond donors (Lipinski definition) is 2. The number of nitrogens with two attached hydrogens (primary N) is 1. The highest BCUT2D eigenvalue weighted by atomic mass is 16.5. The van der Waals surface area contributed by atoms with Crippen molar-refractivity contribution in [1.82, 2.24) is 4.90 Å². The third kappa shape index (κ3) is 4.29. The predicted molar refractivity (Wildman–Crippen MR) is 87.1 cm³/mol. The van der Waals surface area contributed by atoms with Crippen molar-refractivity contribution < 1.29 is 14.6 Å². The Morgan fingerprint density at radius 1 is 1.27 bits per heavy atom. The van der Waals surface area contributed by atoms with Crippen LogP contribution in [-0.4, -0.2) is 35.6 Å². The Bertz CT molecular complexity index is 509. The summed E-state index contributed by atoms with van der Waals surface area (Å²) in [5.41, 5.74) is 7.01. The number of aromatic hydroxyl groups is 1. The minimum Gasteiger partial charge on any atom is -0.503 e.